The molecule has 0 bridgehead atoms. The highest BCUT2D eigenvalue weighted by Crippen LogP contribution is 2.35. The molecule has 0 aliphatic rings. The smallest absolute Gasteiger partial charge is 0.0506 e. The molecule has 0 unspecified atom stereocenters. The van der Waals surface area contributed by atoms with Crippen LogP contribution in [0.4, 0.5) is 0 Å². The summed E-state index contributed by atoms with van der Waals surface area (Å²) in [5, 5.41) is 2.08. The highest BCUT2D eigenvalue weighted by Gasteiger charge is 2.15. The van der Waals surface area contributed by atoms with Gasteiger partial charge in [-0.2, -0.15) is 0 Å². The minimum Gasteiger partial charge on any atom is -0.354 e. The molecule has 0 spiro atoms. The van der Waals surface area contributed by atoms with Gasteiger partial charge in [0, 0.05) is 19.7 Å². The van der Waals surface area contributed by atoms with Crippen LogP contribution in [0.5, 0.6) is 0 Å². The molecule has 3 N–H and O–H groups in total. The van der Waals surface area contributed by atoms with Gasteiger partial charge >= 0.3 is 0 Å². The Morgan fingerprint density at radius 1 is 1.09 bits per heavy atom. The van der Waals surface area contributed by atoms with E-state index in [0.717, 1.165) is 41.9 Å². The summed E-state index contributed by atoms with van der Waals surface area (Å²) < 4.78 is 1.24. The van der Waals surface area contributed by atoms with E-state index in [9.17, 15) is 0 Å². The normalized spacial score (nSPS) is 11.3. The summed E-state index contributed by atoms with van der Waals surface area (Å²) in [6, 6.07) is 12.8. The molecule has 23 heavy (non-hydrogen) atoms. The summed E-state index contributed by atoms with van der Waals surface area (Å²) in [5.74, 6) is 0. The van der Waals surface area contributed by atoms with Crippen LogP contribution in [0.25, 0.3) is 22.2 Å². The average molecular weight is 439 g/mol. The first-order chi connectivity index (χ1) is 11.1. The Kier molecular flexibility index (Phi) is 5.29. The van der Waals surface area contributed by atoms with Crippen molar-refractivity contribution in [2.45, 2.75) is 26.2 Å². The van der Waals surface area contributed by atoms with E-state index in [2.05, 4.69) is 64.8 Å². The molecule has 1 aromatic heterocycles. The molecule has 0 atom stereocenters. The molecule has 0 radical (unpaired) electrons. The quantitative estimate of drug-likeness (QED) is 0.390. The van der Waals surface area contributed by atoms with Gasteiger partial charge < -0.3 is 10.7 Å². The Morgan fingerprint density at radius 3 is 2.52 bits per heavy atom. The molecule has 120 valence electrons. The number of aryl methyl sites for hydroxylation is 2. The van der Waals surface area contributed by atoms with Gasteiger partial charge in [-0.3, -0.25) is 0 Å². The van der Waals surface area contributed by atoms with Crippen molar-refractivity contribution < 1.29 is 0 Å². The topological polar surface area (TPSA) is 41.8 Å². The second-order valence-corrected chi connectivity index (χ2v) is 7.48. The van der Waals surface area contributed by atoms with Crippen molar-refractivity contribution in [3.63, 3.8) is 0 Å². The number of aromatic amines is 1. The van der Waals surface area contributed by atoms with Crippen LogP contribution < -0.4 is 5.73 Å². The maximum absolute atomic E-state index is 6.31. The minimum atomic E-state index is 0.742. The van der Waals surface area contributed by atoms with E-state index in [1.54, 1.807) is 0 Å². The zero-order valence-corrected chi connectivity index (χ0v) is 16.0. The fraction of sp³-hybridized carbons (Fsp3) is 0.263. The number of halogens is 2. The van der Waals surface area contributed by atoms with Crippen molar-refractivity contribution in [1.29, 1.82) is 0 Å². The molecule has 0 aliphatic heterocycles. The molecule has 2 aromatic carbocycles. The van der Waals surface area contributed by atoms with E-state index in [4.69, 9.17) is 17.3 Å². The average Bonchev–Trinajstić information content (AvgIpc) is 2.91. The first-order valence-corrected chi connectivity index (χ1v) is 9.33. The Hall–Kier alpha value is -1.04. The Bertz CT molecular complexity index is 821. The van der Waals surface area contributed by atoms with Crippen molar-refractivity contribution in [1.82, 2.24) is 4.98 Å². The molecule has 2 nitrogen and oxygen atoms in total. The van der Waals surface area contributed by atoms with Crippen molar-refractivity contribution >= 4 is 45.1 Å². The Labute approximate surface area is 155 Å². The van der Waals surface area contributed by atoms with Crippen LogP contribution in [0.1, 0.15) is 24.0 Å². The lowest BCUT2D eigenvalue weighted by atomic mass is 9.99. The van der Waals surface area contributed by atoms with Crippen LogP contribution >= 0.6 is 34.2 Å². The second-order valence-electron chi connectivity index (χ2n) is 5.83. The number of hydrogen-bond donors (Lipinski definition) is 2. The zero-order chi connectivity index (χ0) is 16.4. The Balaban J connectivity index is 2.16. The third-order valence-electron chi connectivity index (χ3n) is 4.29. The molecule has 1 heterocycles. The van der Waals surface area contributed by atoms with Gasteiger partial charge in [-0.05, 0) is 90.2 Å². The van der Waals surface area contributed by atoms with Gasteiger partial charge in [-0.1, -0.05) is 29.8 Å². The lowest BCUT2D eigenvalue weighted by molar-refractivity contribution is 0.748. The molecule has 3 aromatic rings. The zero-order valence-electron chi connectivity index (χ0n) is 13.1. The Morgan fingerprint density at radius 2 is 1.83 bits per heavy atom. The van der Waals surface area contributed by atoms with E-state index in [-0.39, 0.29) is 0 Å². The molecule has 0 saturated carbocycles. The van der Waals surface area contributed by atoms with Gasteiger partial charge in [0.1, 0.15) is 0 Å². The molecule has 0 aliphatic carbocycles. The van der Waals surface area contributed by atoms with Crippen LogP contribution in [-0.4, -0.2) is 11.5 Å². The van der Waals surface area contributed by atoms with Crippen molar-refractivity contribution in [3.05, 3.63) is 56.1 Å². The number of hydrogen-bond acceptors (Lipinski definition) is 1. The van der Waals surface area contributed by atoms with Crippen molar-refractivity contribution in [2.24, 2.45) is 5.73 Å². The van der Waals surface area contributed by atoms with E-state index >= 15 is 0 Å². The molecule has 4 heteroatoms. The van der Waals surface area contributed by atoms with Gasteiger partial charge in [0.15, 0.2) is 0 Å². The van der Waals surface area contributed by atoms with Gasteiger partial charge in [-0.25, -0.2) is 0 Å². The monoisotopic (exact) mass is 438 g/mol. The number of unbranched alkanes of at least 4 members (excludes halogenated alkanes) is 1. The fourth-order valence-electron chi connectivity index (χ4n) is 3.00. The predicted octanol–water partition coefficient (Wildman–Crippen LogP) is 5.68. The van der Waals surface area contributed by atoms with E-state index in [1.807, 2.05) is 6.07 Å². The third-order valence-corrected chi connectivity index (χ3v) is 5.42. The first kappa shape index (κ1) is 16.8. The molecule has 0 saturated heterocycles. The predicted molar refractivity (Wildman–Crippen MR) is 108 cm³/mol. The summed E-state index contributed by atoms with van der Waals surface area (Å²) >= 11 is 8.64. The van der Waals surface area contributed by atoms with E-state index < -0.39 is 0 Å². The van der Waals surface area contributed by atoms with Crippen LogP contribution in [0, 0.1) is 10.5 Å². The van der Waals surface area contributed by atoms with E-state index in [1.165, 1.54) is 25.8 Å². The third kappa shape index (κ3) is 3.42. The summed E-state index contributed by atoms with van der Waals surface area (Å²) in [5.41, 5.74) is 11.7. The standard InChI is InChI=1S/C19H20ClIN2/c1-12-17(20)10-9-16-15(4-2-3-11-22)19(23-18(12)16)13-5-7-14(21)8-6-13/h5-10,23H,2-4,11,22H2,1H3. The molecule has 0 fully saturated rings. The largest absolute Gasteiger partial charge is 0.354 e. The number of aromatic nitrogens is 1. The lowest BCUT2D eigenvalue weighted by Gasteiger charge is -2.05. The summed E-state index contributed by atoms with van der Waals surface area (Å²) in [6.45, 7) is 2.81. The van der Waals surface area contributed by atoms with Crippen molar-refractivity contribution in [3.8, 4) is 11.3 Å². The van der Waals surface area contributed by atoms with Crippen molar-refractivity contribution in [2.75, 3.05) is 6.54 Å². The summed E-state index contributed by atoms with van der Waals surface area (Å²) in [7, 11) is 0. The number of nitrogens with one attached hydrogen (secondary N) is 1. The maximum Gasteiger partial charge on any atom is 0.0506 e. The van der Waals surface area contributed by atoms with Gasteiger partial charge in [-0.15, -0.1) is 0 Å². The number of fused-ring (bicyclic) bond motifs is 1. The maximum atomic E-state index is 6.31. The lowest BCUT2D eigenvalue weighted by Crippen LogP contribution is -1.99. The van der Waals surface area contributed by atoms with Crippen LogP contribution in [0.15, 0.2) is 36.4 Å². The number of rotatable bonds is 5. The van der Waals surface area contributed by atoms with Gasteiger partial charge in [0.25, 0.3) is 0 Å². The number of benzene rings is 2. The fourth-order valence-corrected chi connectivity index (χ4v) is 3.52. The van der Waals surface area contributed by atoms with Gasteiger partial charge in [0.2, 0.25) is 0 Å². The molecular formula is C19H20ClIN2. The summed E-state index contributed by atoms with van der Waals surface area (Å²) in [4.78, 5) is 3.62. The van der Waals surface area contributed by atoms with Crippen LogP contribution in [0.2, 0.25) is 5.02 Å². The number of nitrogens with two attached hydrogens (primary N) is 1. The molecule has 3 rings (SSSR count). The summed E-state index contributed by atoms with van der Waals surface area (Å²) in [6.07, 6.45) is 3.17. The highest BCUT2D eigenvalue weighted by molar-refractivity contribution is 14.1. The highest BCUT2D eigenvalue weighted by atomic mass is 127. The van der Waals surface area contributed by atoms with Crippen LogP contribution in [-0.2, 0) is 6.42 Å². The number of H-pyrrole nitrogens is 1. The first-order valence-electron chi connectivity index (χ1n) is 7.87. The molecule has 0 amide bonds. The SMILES string of the molecule is Cc1c(Cl)ccc2c(CCCCN)c(-c3ccc(I)cc3)[nH]c12. The van der Waals surface area contributed by atoms with Crippen LogP contribution in [0.3, 0.4) is 0 Å². The van der Waals surface area contributed by atoms with Gasteiger partial charge in [0.05, 0.1) is 5.52 Å². The second kappa shape index (κ2) is 7.24. The molecular weight excluding hydrogens is 419 g/mol. The van der Waals surface area contributed by atoms with E-state index in [0.29, 0.717) is 0 Å². The minimum absolute atomic E-state index is 0.742.